The smallest absolute Gasteiger partial charge is 0.00705 e. The van der Waals surface area contributed by atoms with Crippen molar-refractivity contribution in [2.24, 2.45) is 11.8 Å². The largest absolute Gasteiger partial charge is 0.317 e. The van der Waals surface area contributed by atoms with Crippen molar-refractivity contribution >= 4 is 0 Å². The molecule has 2 rings (SSSR count). The fourth-order valence-corrected chi connectivity index (χ4v) is 2.77. The lowest BCUT2D eigenvalue weighted by molar-refractivity contribution is 0.363. The molecule has 1 saturated heterocycles. The van der Waals surface area contributed by atoms with Crippen molar-refractivity contribution in [2.75, 3.05) is 27.2 Å². The Morgan fingerprint density at radius 3 is 2.18 bits per heavy atom. The molecule has 0 bridgehead atoms. The number of fused-ring (bicyclic) bond motifs is 1. The maximum Gasteiger partial charge on any atom is 0.00705 e. The third-order valence-corrected chi connectivity index (χ3v) is 3.34. The van der Waals surface area contributed by atoms with Crippen LogP contribution in [-0.4, -0.2) is 38.1 Å². The quantitative estimate of drug-likeness (QED) is 0.593. The highest BCUT2D eigenvalue weighted by Crippen LogP contribution is 2.37. The number of hydrogen-bond acceptors (Lipinski definition) is 2. The summed E-state index contributed by atoms with van der Waals surface area (Å²) in [5, 5.41) is 3.39. The Hall–Kier alpha value is -0.0800. The van der Waals surface area contributed by atoms with Gasteiger partial charge in [-0.2, -0.15) is 0 Å². The highest BCUT2D eigenvalue weighted by molar-refractivity contribution is 4.93. The minimum Gasteiger partial charge on any atom is -0.317 e. The summed E-state index contributed by atoms with van der Waals surface area (Å²) in [6.07, 6.45) is 2.82. The van der Waals surface area contributed by atoms with E-state index in [2.05, 4.69) is 24.3 Å². The molecule has 0 radical (unpaired) electrons. The molecule has 0 aromatic heterocycles. The Bertz CT molecular complexity index is 132. The van der Waals surface area contributed by atoms with Crippen LogP contribution in [0.1, 0.15) is 12.8 Å². The maximum atomic E-state index is 3.39. The summed E-state index contributed by atoms with van der Waals surface area (Å²) in [5.41, 5.74) is 0. The van der Waals surface area contributed by atoms with Gasteiger partial charge < -0.3 is 10.2 Å². The molecule has 2 fully saturated rings. The second-order valence-corrected chi connectivity index (χ2v) is 4.20. The molecule has 2 atom stereocenters. The first-order valence-corrected chi connectivity index (χ1v) is 4.65. The third kappa shape index (κ3) is 1.30. The number of nitrogens with one attached hydrogen (secondary N) is 1. The van der Waals surface area contributed by atoms with Crippen molar-refractivity contribution in [1.29, 1.82) is 0 Å². The standard InChI is InChI=1S/C9H18N2/c1-10-9-3-7-5-11(2)6-8(7)4-9/h7-10H,3-6H2,1-2H3. The molecule has 0 aromatic carbocycles. The SMILES string of the molecule is CNC1CC2CN(C)CC2C1. The lowest BCUT2D eigenvalue weighted by atomic mass is 10.0. The molecule has 1 heterocycles. The van der Waals surface area contributed by atoms with E-state index in [1.165, 1.54) is 25.9 Å². The molecule has 1 N–H and O–H groups in total. The van der Waals surface area contributed by atoms with Crippen molar-refractivity contribution in [2.45, 2.75) is 18.9 Å². The molecule has 0 aromatic rings. The van der Waals surface area contributed by atoms with Gasteiger partial charge in [0.05, 0.1) is 0 Å². The van der Waals surface area contributed by atoms with E-state index in [-0.39, 0.29) is 0 Å². The van der Waals surface area contributed by atoms with Gasteiger partial charge in [-0.3, -0.25) is 0 Å². The Morgan fingerprint density at radius 2 is 1.73 bits per heavy atom. The van der Waals surface area contributed by atoms with Crippen molar-refractivity contribution in [1.82, 2.24) is 10.2 Å². The fourth-order valence-electron chi connectivity index (χ4n) is 2.77. The number of rotatable bonds is 1. The molecule has 1 aliphatic heterocycles. The van der Waals surface area contributed by atoms with Gasteiger partial charge in [0.15, 0.2) is 0 Å². The Labute approximate surface area is 69.0 Å². The molecular formula is C9H18N2. The average Bonchev–Trinajstić information content (AvgIpc) is 2.43. The van der Waals surface area contributed by atoms with Crippen molar-refractivity contribution < 1.29 is 0 Å². The summed E-state index contributed by atoms with van der Waals surface area (Å²) in [6, 6.07) is 0.818. The van der Waals surface area contributed by atoms with Gasteiger partial charge in [0.25, 0.3) is 0 Å². The summed E-state index contributed by atoms with van der Waals surface area (Å²) >= 11 is 0. The summed E-state index contributed by atoms with van der Waals surface area (Å²) in [4.78, 5) is 2.47. The molecule has 11 heavy (non-hydrogen) atoms. The Morgan fingerprint density at radius 1 is 1.18 bits per heavy atom. The zero-order valence-corrected chi connectivity index (χ0v) is 7.51. The van der Waals surface area contributed by atoms with Gasteiger partial charge in [-0.05, 0) is 38.8 Å². The van der Waals surface area contributed by atoms with Crippen molar-refractivity contribution in [3.63, 3.8) is 0 Å². The Balaban J connectivity index is 1.93. The first-order valence-electron chi connectivity index (χ1n) is 4.65. The predicted molar refractivity (Wildman–Crippen MR) is 46.6 cm³/mol. The molecule has 2 aliphatic rings. The van der Waals surface area contributed by atoms with Crippen LogP contribution < -0.4 is 5.32 Å². The van der Waals surface area contributed by atoms with Crippen LogP contribution >= 0.6 is 0 Å². The topological polar surface area (TPSA) is 15.3 Å². The van der Waals surface area contributed by atoms with Crippen LogP contribution in [0, 0.1) is 11.8 Å². The molecule has 0 spiro atoms. The van der Waals surface area contributed by atoms with Crippen molar-refractivity contribution in [3.8, 4) is 0 Å². The summed E-state index contributed by atoms with van der Waals surface area (Å²) in [6.45, 7) is 2.67. The molecule has 2 nitrogen and oxygen atoms in total. The first-order chi connectivity index (χ1) is 5.29. The second-order valence-electron chi connectivity index (χ2n) is 4.20. The van der Waals surface area contributed by atoms with Gasteiger partial charge in [0.1, 0.15) is 0 Å². The van der Waals surface area contributed by atoms with E-state index in [9.17, 15) is 0 Å². The molecule has 0 amide bonds. The summed E-state index contributed by atoms with van der Waals surface area (Å²) in [5.74, 6) is 2.00. The lowest BCUT2D eigenvalue weighted by Gasteiger charge is -2.12. The van der Waals surface area contributed by atoms with E-state index in [0.29, 0.717) is 0 Å². The third-order valence-electron chi connectivity index (χ3n) is 3.34. The predicted octanol–water partition coefficient (Wildman–Crippen LogP) is 0.546. The van der Waals surface area contributed by atoms with Gasteiger partial charge in [-0.25, -0.2) is 0 Å². The molecule has 1 saturated carbocycles. The first kappa shape index (κ1) is 7.56. The highest BCUT2D eigenvalue weighted by atomic mass is 15.1. The Kier molecular flexibility index (Phi) is 1.90. The van der Waals surface area contributed by atoms with Crippen LogP contribution in [0.5, 0.6) is 0 Å². The average molecular weight is 154 g/mol. The van der Waals surface area contributed by atoms with Gasteiger partial charge in [0.2, 0.25) is 0 Å². The monoisotopic (exact) mass is 154 g/mol. The van der Waals surface area contributed by atoms with Crippen LogP contribution in [0.4, 0.5) is 0 Å². The molecule has 2 unspecified atom stereocenters. The van der Waals surface area contributed by atoms with E-state index in [0.717, 1.165) is 17.9 Å². The van der Waals surface area contributed by atoms with E-state index < -0.39 is 0 Å². The van der Waals surface area contributed by atoms with E-state index in [1.54, 1.807) is 0 Å². The zero-order valence-electron chi connectivity index (χ0n) is 7.51. The van der Waals surface area contributed by atoms with Crippen molar-refractivity contribution in [3.05, 3.63) is 0 Å². The van der Waals surface area contributed by atoms with Gasteiger partial charge in [-0.1, -0.05) is 0 Å². The number of nitrogens with zero attached hydrogens (tertiary/aromatic N) is 1. The molecule has 64 valence electrons. The fraction of sp³-hybridized carbons (Fsp3) is 1.00. The minimum absolute atomic E-state index is 0.818. The molecular weight excluding hydrogens is 136 g/mol. The van der Waals surface area contributed by atoms with E-state index in [1.807, 2.05) is 0 Å². The summed E-state index contributed by atoms with van der Waals surface area (Å²) < 4.78 is 0. The van der Waals surface area contributed by atoms with Gasteiger partial charge in [-0.15, -0.1) is 0 Å². The van der Waals surface area contributed by atoms with Gasteiger partial charge in [0, 0.05) is 19.1 Å². The zero-order chi connectivity index (χ0) is 7.84. The molecule has 2 heteroatoms. The van der Waals surface area contributed by atoms with Crippen LogP contribution in [0.15, 0.2) is 0 Å². The molecule has 1 aliphatic carbocycles. The van der Waals surface area contributed by atoms with E-state index >= 15 is 0 Å². The van der Waals surface area contributed by atoms with Crippen LogP contribution in [0.2, 0.25) is 0 Å². The summed E-state index contributed by atoms with van der Waals surface area (Å²) in [7, 11) is 4.34. The van der Waals surface area contributed by atoms with Crippen LogP contribution in [-0.2, 0) is 0 Å². The number of hydrogen-bond donors (Lipinski definition) is 1. The second kappa shape index (κ2) is 2.76. The highest BCUT2D eigenvalue weighted by Gasteiger charge is 2.38. The lowest BCUT2D eigenvalue weighted by Crippen LogP contribution is -2.25. The maximum absolute atomic E-state index is 3.39. The minimum atomic E-state index is 0.818. The van der Waals surface area contributed by atoms with Crippen LogP contribution in [0.25, 0.3) is 0 Å². The van der Waals surface area contributed by atoms with E-state index in [4.69, 9.17) is 0 Å². The van der Waals surface area contributed by atoms with Gasteiger partial charge >= 0.3 is 0 Å². The van der Waals surface area contributed by atoms with Crippen LogP contribution in [0.3, 0.4) is 0 Å². The normalized spacial score (nSPS) is 44.7. The number of likely N-dealkylation sites (tertiary alicyclic amines) is 1.